The van der Waals surface area contributed by atoms with Crippen molar-refractivity contribution in [2.24, 2.45) is 0 Å². The predicted octanol–water partition coefficient (Wildman–Crippen LogP) is 3.33. The fourth-order valence-corrected chi connectivity index (χ4v) is 4.78. The lowest BCUT2D eigenvalue weighted by Gasteiger charge is -2.27. The van der Waals surface area contributed by atoms with Crippen LogP contribution in [0.1, 0.15) is 40.7 Å². The summed E-state index contributed by atoms with van der Waals surface area (Å²) in [6.07, 6.45) is 0.916. The molecule has 1 spiro atoms. The quantitative estimate of drug-likeness (QED) is 0.764. The standard InChI is InChI=1S/C23H21FN2O5/c1-30-21(29)25-14-6-7-17(18(24)12-14)22(8-9-22)20(28)26-11-10-23(13-26)16-5-3-2-4-15(16)19(27)31-23/h2-7,12H,8-11,13H2,1H3,(H,25,29)/t23-/m0/s1. The minimum absolute atomic E-state index is 0.155. The highest BCUT2D eigenvalue weighted by atomic mass is 19.1. The van der Waals surface area contributed by atoms with Crippen LogP contribution in [-0.4, -0.2) is 43.1 Å². The third-order valence-electron chi connectivity index (χ3n) is 6.52. The lowest BCUT2D eigenvalue weighted by Crippen LogP contribution is -2.40. The number of benzene rings is 2. The van der Waals surface area contributed by atoms with Crippen molar-refractivity contribution >= 4 is 23.7 Å². The van der Waals surface area contributed by atoms with Crippen molar-refractivity contribution < 1.29 is 28.2 Å². The molecule has 7 nitrogen and oxygen atoms in total. The number of hydrogen-bond acceptors (Lipinski definition) is 5. The molecule has 8 heteroatoms. The average molecular weight is 424 g/mol. The van der Waals surface area contributed by atoms with E-state index in [-0.39, 0.29) is 24.1 Å². The molecule has 5 rings (SSSR count). The van der Waals surface area contributed by atoms with Crippen LogP contribution in [-0.2, 0) is 25.3 Å². The highest BCUT2D eigenvalue weighted by Crippen LogP contribution is 2.52. The van der Waals surface area contributed by atoms with Crippen LogP contribution >= 0.6 is 0 Å². The summed E-state index contributed by atoms with van der Waals surface area (Å²) in [5.74, 6) is -1.07. The zero-order valence-corrected chi connectivity index (χ0v) is 16.9. The highest BCUT2D eigenvalue weighted by molar-refractivity contribution is 5.96. The number of carbonyl (C=O) groups is 3. The first-order valence-corrected chi connectivity index (χ1v) is 10.2. The Labute approximate surface area is 178 Å². The Morgan fingerprint density at radius 2 is 1.90 bits per heavy atom. The van der Waals surface area contributed by atoms with Crippen molar-refractivity contribution in [3.63, 3.8) is 0 Å². The van der Waals surface area contributed by atoms with Crippen molar-refractivity contribution in [1.29, 1.82) is 0 Å². The maximum Gasteiger partial charge on any atom is 0.411 e. The van der Waals surface area contributed by atoms with Crippen molar-refractivity contribution in [3.05, 3.63) is 65.0 Å². The lowest BCUT2D eigenvalue weighted by molar-refractivity contribution is -0.134. The van der Waals surface area contributed by atoms with Gasteiger partial charge in [-0.1, -0.05) is 24.3 Å². The Kier molecular flexibility index (Phi) is 4.28. The molecule has 1 N–H and O–H groups in total. The summed E-state index contributed by atoms with van der Waals surface area (Å²) in [5, 5.41) is 2.42. The zero-order chi connectivity index (χ0) is 21.8. The first kappa shape index (κ1) is 19.5. The van der Waals surface area contributed by atoms with Gasteiger partial charge in [-0.05, 0) is 31.0 Å². The number of anilines is 1. The zero-order valence-electron chi connectivity index (χ0n) is 16.9. The smallest absolute Gasteiger partial charge is 0.411 e. The molecule has 0 aromatic heterocycles. The second kappa shape index (κ2) is 6.80. The molecule has 0 bridgehead atoms. The molecule has 1 aliphatic carbocycles. The highest BCUT2D eigenvalue weighted by Gasteiger charge is 2.58. The Morgan fingerprint density at radius 3 is 2.61 bits per heavy atom. The van der Waals surface area contributed by atoms with Gasteiger partial charge in [0.1, 0.15) is 5.82 Å². The van der Waals surface area contributed by atoms with Crippen LogP contribution in [0.2, 0.25) is 0 Å². The third kappa shape index (κ3) is 2.97. The number of methoxy groups -OCH3 is 1. The van der Waals surface area contributed by atoms with Gasteiger partial charge in [0, 0.05) is 29.8 Å². The molecule has 2 heterocycles. The number of halogens is 1. The first-order valence-electron chi connectivity index (χ1n) is 10.2. The molecule has 2 amide bonds. The van der Waals surface area contributed by atoms with E-state index in [9.17, 15) is 18.8 Å². The third-order valence-corrected chi connectivity index (χ3v) is 6.52. The summed E-state index contributed by atoms with van der Waals surface area (Å²) in [5.41, 5.74) is 0.180. The van der Waals surface area contributed by atoms with E-state index in [4.69, 9.17) is 4.74 Å². The molecule has 2 aromatic rings. The molecule has 2 aromatic carbocycles. The Balaban J connectivity index is 1.38. The average Bonchev–Trinajstić information content (AvgIpc) is 3.38. The minimum Gasteiger partial charge on any atom is -0.453 e. The molecule has 31 heavy (non-hydrogen) atoms. The molecular weight excluding hydrogens is 403 g/mol. The SMILES string of the molecule is COC(=O)Nc1ccc(C2(C(=O)N3CC[C@@]4(C3)OC(=O)c3ccccc34)CC2)c(F)c1. The molecule has 1 saturated heterocycles. The maximum absolute atomic E-state index is 14.9. The van der Waals surface area contributed by atoms with Crippen LogP contribution in [0.3, 0.4) is 0 Å². The van der Waals surface area contributed by atoms with Crippen LogP contribution in [0.15, 0.2) is 42.5 Å². The van der Waals surface area contributed by atoms with Crippen molar-refractivity contribution in [3.8, 4) is 0 Å². The number of amides is 2. The van der Waals surface area contributed by atoms with Gasteiger partial charge in [-0.2, -0.15) is 0 Å². The number of likely N-dealkylation sites (tertiary alicyclic amines) is 1. The van der Waals surface area contributed by atoms with E-state index in [1.165, 1.54) is 13.2 Å². The summed E-state index contributed by atoms with van der Waals surface area (Å²) in [7, 11) is 1.22. The molecular formula is C23H21FN2O5. The van der Waals surface area contributed by atoms with Crippen LogP contribution in [0, 0.1) is 5.82 Å². The van der Waals surface area contributed by atoms with Gasteiger partial charge >= 0.3 is 12.1 Å². The molecule has 1 saturated carbocycles. The van der Waals surface area contributed by atoms with E-state index >= 15 is 0 Å². The Bertz CT molecular complexity index is 1110. The van der Waals surface area contributed by atoms with Crippen LogP contribution in [0.5, 0.6) is 0 Å². The monoisotopic (exact) mass is 424 g/mol. The van der Waals surface area contributed by atoms with Gasteiger partial charge in [0.15, 0.2) is 5.60 Å². The molecule has 160 valence electrons. The maximum atomic E-state index is 14.9. The van der Waals surface area contributed by atoms with Crippen molar-refractivity contribution in [1.82, 2.24) is 4.90 Å². The molecule has 3 aliphatic rings. The Hall–Kier alpha value is -3.42. The van der Waals surface area contributed by atoms with Gasteiger partial charge in [-0.15, -0.1) is 0 Å². The van der Waals surface area contributed by atoms with Crippen LogP contribution in [0.4, 0.5) is 14.9 Å². The van der Waals surface area contributed by atoms with E-state index in [2.05, 4.69) is 10.1 Å². The largest absolute Gasteiger partial charge is 0.453 e. The summed E-state index contributed by atoms with van der Waals surface area (Å²) in [6, 6.07) is 11.5. The molecule has 0 radical (unpaired) electrons. The van der Waals surface area contributed by atoms with Crippen molar-refractivity contribution in [2.45, 2.75) is 30.3 Å². The van der Waals surface area contributed by atoms with Crippen LogP contribution in [0.25, 0.3) is 0 Å². The van der Waals surface area contributed by atoms with E-state index < -0.39 is 22.9 Å². The Morgan fingerprint density at radius 1 is 1.13 bits per heavy atom. The van der Waals surface area contributed by atoms with Gasteiger partial charge in [0.2, 0.25) is 5.91 Å². The van der Waals surface area contributed by atoms with Gasteiger partial charge in [-0.25, -0.2) is 14.0 Å². The molecule has 2 aliphatic heterocycles. The molecule has 0 unspecified atom stereocenters. The predicted molar refractivity (Wildman–Crippen MR) is 108 cm³/mol. The summed E-state index contributed by atoms with van der Waals surface area (Å²) in [6.45, 7) is 0.700. The molecule has 2 fully saturated rings. The van der Waals surface area contributed by atoms with E-state index in [0.717, 1.165) is 5.56 Å². The number of carbonyl (C=O) groups excluding carboxylic acids is 3. The number of esters is 1. The van der Waals surface area contributed by atoms with Crippen molar-refractivity contribution in [2.75, 3.05) is 25.5 Å². The molecule has 1 atom stereocenters. The van der Waals surface area contributed by atoms with Gasteiger partial charge in [0.25, 0.3) is 0 Å². The number of rotatable bonds is 3. The number of fused-ring (bicyclic) bond motifs is 2. The summed E-state index contributed by atoms with van der Waals surface area (Å²) >= 11 is 0. The summed E-state index contributed by atoms with van der Waals surface area (Å²) in [4.78, 5) is 38.8. The van der Waals surface area contributed by atoms with Gasteiger partial charge in [-0.3, -0.25) is 10.1 Å². The summed E-state index contributed by atoms with van der Waals surface area (Å²) < 4.78 is 25.1. The number of ether oxygens (including phenoxy) is 2. The number of nitrogens with one attached hydrogen (secondary N) is 1. The topological polar surface area (TPSA) is 84.9 Å². The van der Waals surface area contributed by atoms with E-state index in [1.807, 2.05) is 12.1 Å². The number of nitrogens with zero attached hydrogens (tertiary/aromatic N) is 1. The van der Waals surface area contributed by atoms with Crippen LogP contribution < -0.4 is 5.32 Å². The second-order valence-electron chi connectivity index (χ2n) is 8.30. The fraction of sp³-hybridized carbons (Fsp3) is 0.348. The van der Waals surface area contributed by atoms with Gasteiger partial charge in [0.05, 0.1) is 24.6 Å². The first-order chi connectivity index (χ1) is 14.9. The second-order valence-corrected chi connectivity index (χ2v) is 8.30. The lowest BCUT2D eigenvalue weighted by atomic mass is 9.91. The minimum atomic E-state index is -0.915. The van der Waals surface area contributed by atoms with E-state index in [1.54, 1.807) is 29.2 Å². The van der Waals surface area contributed by atoms with Gasteiger partial charge < -0.3 is 14.4 Å². The normalized spacial score (nSPS) is 22.8. The fourth-order valence-electron chi connectivity index (χ4n) is 4.78. The number of hydrogen-bond donors (Lipinski definition) is 1. The van der Waals surface area contributed by atoms with E-state index in [0.29, 0.717) is 36.9 Å².